The van der Waals surface area contributed by atoms with Crippen molar-refractivity contribution in [1.82, 2.24) is 15.3 Å². The first-order valence-corrected chi connectivity index (χ1v) is 16.1. The number of Topliss-reactive ketones (excluding diaryl/α,β-unsaturated/α-hetero) is 1. The van der Waals surface area contributed by atoms with Crippen LogP contribution in [0.3, 0.4) is 0 Å². The highest BCUT2D eigenvalue weighted by molar-refractivity contribution is 5.90. The third-order valence-corrected chi connectivity index (χ3v) is 9.51. The molecule has 0 radical (unpaired) electrons. The number of fused-ring (bicyclic) bond motifs is 4. The number of ketones is 1. The lowest BCUT2D eigenvalue weighted by Crippen LogP contribution is -2.42. The minimum absolute atomic E-state index is 0.0301. The zero-order chi connectivity index (χ0) is 34.1. The molecule has 5 atom stereocenters. The molecular formula is C36H38N4O8. The quantitative estimate of drug-likeness (QED) is 0.241. The summed E-state index contributed by atoms with van der Waals surface area (Å²) in [6.07, 6.45) is -0.550. The molecule has 2 aromatic heterocycles. The maximum absolute atomic E-state index is 14.2. The Morgan fingerprint density at radius 2 is 1.88 bits per heavy atom. The van der Waals surface area contributed by atoms with E-state index in [2.05, 4.69) is 15.6 Å². The van der Waals surface area contributed by atoms with Gasteiger partial charge in [-0.25, -0.2) is 14.8 Å². The van der Waals surface area contributed by atoms with Crippen LogP contribution in [-0.4, -0.2) is 52.2 Å². The van der Waals surface area contributed by atoms with Crippen molar-refractivity contribution in [2.24, 2.45) is 17.3 Å². The van der Waals surface area contributed by atoms with Crippen molar-refractivity contribution in [2.45, 2.75) is 71.2 Å². The molecule has 0 aliphatic carbocycles. The summed E-state index contributed by atoms with van der Waals surface area (Å²) in [5.41, 5.74) is 1.76. The third kappa shape index (κ3) is 4.88. The van der Waals surface area contributed by atoms with E-state index in [0.29, 0.717) is 11.5 Å². The smallest absolute Gasteiger partial charge is 0.360 e. The molecule has 0 fully saturated rings. The molecule has 0 saturated heterocycles. The number of hydrogen-bond acceptors (Lipinski definition) is 11. The molecule has 12 heteroatoms. The summed E-state index contributed by atoms with van der Waals surface area (Å²) in [5.74, 6) is -1.34. The Morgan fingerprint density at radius 3 is 2.60 bits per heavy atom. The van der Waals surface area contributed by atoms with Crippen LogP contribution < -0.4 is 15.4 Å². The number of carbonyl (C=O) groups excluding carboxylic acids is 3. The molecule has 0 saturated carbocycles. The fraction of sp³-hybridized carbons (Fsp3) is 0.417. The Hall–Kier alpha value is -4.97. The number of rotatable bonds is 6. The van der Waals surface area contributed by atoms with E-state index in [9.17, 15) is 19.5 Å². The number of benzene rings is 2. The summed E-state index contributed by atoms with van der Waals surface area (Å²) < 4.78 is 24.1. The molecule has 3 N–H and O–H groups in total. The summed E-state index contributed by atoms with van der Waals surface area (Å²) >= 11 is 0. The van der Waals surface area contributed by atoms with Gasteiger partial charge in [-0.15, -0.1) is 0 Å². The predicted octanol–water partition coefficient (Wildman–Crippen LogP) is 4.95. The number of aliphatic hydroxyl groups is 1. The number of ether oxygens (including phenoxy) is 2. The molecule has 1 spiro atoms. The minimum Gasteiger partial charge on any atom is -0.469 e. The average Bonchev–Trinajstić information content (AvgIpc) is 3.82. The van der Waals surface area contributed by atoms with E-state index in [-0.39, 0.29) is 47.8 Å². The number of amides is 1. The maximum Gasteiger partial charge on any atom is 0.360 e. The Labute approximate surface area is 277 Å². The number of methoxy groups -OCH3 is 1. The second kappa shape index (κ2) is 11.3. The second-order valence-electron chi connectivity index (χ2n) is 14.2. The van der Waals surface area contributed by atoms with Gasteiger partial charge in [-0.2, -0.15) is 0 Å². The van der Waals surface area contributed by atoms with Gasteiger partial charge in [0.15, 0.2) is 29.2 Å². The molecule has 7 rings (SSSR count). The number of hydrogen-bond donors (Lipinski definition) is 3. The van der Waals surface area contributed by atoms with Gasteiger partial charge in [0.05, 0.1) is 7.11 Å². The molecule has 250 valence electrons. The van der Waals surface area contributed by atoms with Gasteiger partial charge in [-0.3, -0.25) is 9.59 Å². The summed E-state index contributed by atoms with van der Waals surface area (Å²) in [6.45, 7) is 9.38. The SMILES string of the molecule is COC(=O)c1coc(-c2nc3oc2[C@]24c5ccccc5NC2Oc2ccc(cc24)C[C@H](CC(=O)[C@@H](O)C(C)C)C(=O)N[C@H]3C(C)(C)C)n1. The van der Waals surface area contributed by atoms with Gasteiger partial charge < -0.3 is 34.0 Å². The van der Waals surface area contributed by atoms with E-state index in [1.54, 1.807) is 13.8 Å². The van der Waals surface area contributed by atoms with Crippen molar-refractivity contribution < 1.29 is 37.8 Å². The van der Waals surface area contributed by atoms with Crippen molar-refractivity contribution in [1.29, 1.82) is 0 Å². The average molecular weight is 655 g/mol. The van der Waals surface area contributed by atoms with Gasteiger partial charge in [0.2, 0.25) is 17.7 Å². The normalized spacial score (nSPS) is 23.2. The zero-order valence-electron chi connectivity index (χ0n) is 27.6. The van der Waals surface area contributed by atoms with Gasteiger partial charge in [-0.1, -0.05) is 65.0 Å². The Bertz CT molecular complexity index is 1940. The van der Waals surface area contributed by atoms with Crippen LogP contribution in [0.2, 0.25) is 0 Å². The van der Waals surface area contributed by atoms with Gasteiger partial charge in [0.25, 0.3) is 0 Å². The van der Waals surface area contributed by atoms with Crippen LogP contribution in [0.15, 0.2) is 57.6 Å². The minimum atomic E-state index is -1.19. The van der Waals surface area contributed by atoms with Crippen LogP contribution in [-0.2, 0) is 26.2 Å². The van der Waals surface area contributed by atoms with E-state index in [0.717, 1.165) is 22.4 Å². The summed E-state index contributed by atoms with van der Waals surface area (Å²) in [5, 5.41) is 17.2. The molecule has 3 aliphatic heterocycles. The van der Waals surface area contributed by atoms with Gasteiger partial charge in [0.1, 0.15) is 29.6 Å². The molecule has 12 nitrogen and oxygen atoms in total. The molecule has 2 aromatic carbocycles. The number of aromatic nitrogens is 2. The Morgan fingerprint density at radius 1 is 1.10 bits per heavy atom. The van der Waals surface area contributed by atoms with E-state index >= 15 is 0 Å². The lowest BCUT2D eigenvalue weighted by Gasteiger charge is -2.32. The van der Waals surface area contributed by atoms with Crippen molar-refractivity contribution in [3.05, 3.63) is 82.8 Å². The number of esters is 1. The van der Waals surface area contributed by atoms with Crippen molar-refractivity contribution in [2.75, 3.05) is 12.4 Å². The van der Waals surface area contributed by atoms with Gasteiger partial charge in [-0.05, 0) is 41.0 Å². The molecule has 1 amide bonds. The lowest BCUT2D eigenvalue weighted by molar-refractivity contribution is -0.135. The molecule has 3 aliphatic rings. The molecule has 4 bridgehead atoms. The van der Waals surface area contributed by atoms with Crippen LogP contribution >= 0.6 is 0 Å². The number of carbonyl (C=O) groups is 3. The largest absolute Gasteiger partial charge is 0.469 e. The van der Waals surface area contributed by atoms with E-state index in [1.165, 1.54) is 13.4 Å². The summed E-state index contributed by atoms with van der Waals surface area (Å²) in [7, 11) is 1.26. The van der Waals surface area contributed by atoms with E-state index < -0.39 is 46.9 Å². The van der Waals surface area contributed by atoms with Gasteiger partial charge in [0, 0.05) is 23.6 Å². The van der Waals surface area contributed by atoms with Crippen LogP contribution in [0.4, 0.5) is 5.69 Å². The molecule has 1 unspecified atom stereocenters. The number of oxazole rings is 2. The van der Waals surface area contributed by atoms with Crippen molar-refractivity contribution >= 4 is 23.3 Å². The fourth-order valence-electron chi connectivity index (χ4n) is 6.99. The highest BCUT2D eigenvalue weighted by atomic mass is 16.5. The monoisotopic (exact) mass is 654 g/mol. The van der Waals surface area contributed by atoms with E-state index in [1.807, 2.05) is 63.2 Å². The molecule has 48 heavy (non-hydrogen) atoms. The number of para-hydroxylation sites is 1. The first-order valence-electron chi connectivity index (χ1n) is 16.1. The summed E-state index contributed by atoms with van der Waals surface area (Å²) in [6, 6.07) is 12.8. The Balaban J connectivity index is 1.49. The Kier molecular flexibility index (Phi) is 7.46. The second-order valence-corrected chi connectivity index (χ2v) is 14.2. The predicted molar refractivity (Wildman–Crippen MR) is 172 cm³/mol. The van der Waals surface area contributed by atoms with Gasteiger partial charge >= 0.3 is 5.97 Å². The van der Waals surface area contributed by atoms with Crippen LogP contribution in [0.25, 0.3) is 11.6 Å². The van der Waals surface area contributed by atoms with Crippen molar-refractivity contribution in [3.8, 4) is 17.3 Å². The standard InChI is InChI=1S/C36H38N4O8/c1-17(2)27(42)24(41)15-19-13-18-11-12-25-21(14-18)36(20-9-7-8-10-22(20)38-34(36)47-25)29-26(31-37-23(16-46-31)33(44)45-6)39-32(48-29)28(35(3,4)5)40-30(19)43/h7-12,14,16-17,19,27-28,34,38,42H,13,15H2,1-6H3,(H,40,43)/t19-,27+,28-,34?,36-/m1/s1. The number of aliphatic hydroxyl groups excluding tert-OH is 1. The molecule has 4 aromatic rings. The lowest BCUT2D eigenvalue weighted by atomic mass is 9.72. The number of anilines is 1. The number of nitrogens with zero attached hydrogens (tertiary/aromatic N) is 2. The van der Waals surface area contributed by atoms with Crippen molar-refractivity contribution in [3.63, 3.8) is 0 Å². The first-order chi connectivity index (χ1) is 22.8. The van der Waals surface area contributed by atoms with Crippen LogP contribution in [0, 0.1) is 17.3 Å². The highest BCUT2D eigenvalue weighted by Crippen LogP contribution is 2.59. The highest BCUT2D eigenvalue weighted by Gasteiger charge is 2.61. The first kappa shape index (κ1) is 31.6. The topological polar surface area (TPSA) is 166 Å². The molecule has 5 heterocycles. The van der Waals surface area contributed by atoms with Crippen LogP contribution in [0.1, 0.15) is 85.9 Å². The van der Waals surface area contributed by atoms with E-state index in [4.69, 9.17) is 23.3 Å². The zero-order valence-corrected chi connectivity index (χ0v) is 27.6. The third-order valence-electron chi connectivity index (χ3n) is 9.51. The maximum atomic E-state index is 14.2. The number of nitrogens with one attached hydrogen (secondary N) is 2. The molecular weight excluding hydrogens is 616 g/mol. The summed E-state index contributed by atoms with van der Waals surface area (Å²) in [4.78, 5) is 49.1. The fourth-order valence-corrected chi connectivity index (χ4v) is 6.99. The van der Waals surface area contributed by atoms with Crippen LogP contribution in [0.5, 0.6) is 5.75 Å².